The Hall–Kier alpha value is -1.75. The van der Waals surface area contributed by atoms with Gasteiger partial charge in [0.2, 0.25) is 0 Å². The van der Waals surface area contributed by atoms with Gasteiger partial charge in [-0.15, -0.1) is 5.11 Å². The quantitative estimate of drug-likeness (QED) is 0.332. The minimum atomic E-state index is 0.0417. The third-order valence-electron chi connectivity index (χ3n) is 1.90. The minimum Gasteiger partial charge on any atom is -0.363 e. The highest BCUT2D eigenvalue weighted by Crippen LogP contribution is 2.14. The monoisotopic (exact) mass is 221 g/mol. The maximum Gasteiger partial charge on any atom is 0.159 e. The molecule has 5 nitrogen and oxygen atoms in total. The van der Waals surface area contributed by atoms with E-state index in [0.717, 1.165) is 0 Å². The zero-order chi connectivity index (χ0) is 12.0. The van der Waals surface area contributed by atoms with Gasteiger partial charge >= 0.3 is 0 Å². The molecule has 0 saturated carbocycles. The Morgan fingerprint density at radius 2 is 2.00 bits per heavy atom. The van der Waals surface area contributed by atoms with Crippen molar-refractivity contribution in [2.24, 2.45) is 10.3 Å². The maximum atomic E-state index is 11.0. The fourth-order valence-corrected chi connectivity index (χ4v) is 1.10. The number of hydrogen-bond donors (Lipinski definition) is 0. The number of hydrogen-bond acceptors (Lipinski definition) is 4. The highest BCUT2D eigenvalue weighted by atomic mass is 16.5. The number of methoxy groups -OCH3 is 1. The van der Waals surface area contributed by atoms with Crippen molar-refractivity contribution in [3.8, 4) is 0 Å². The van der Waals surface area contributed by atoms with Gasteiger partial charge in [0.1, 0.15) is 6.73 Å². The molecule has 1 rings (SSSR count). The normalized spacial score (nSPS) is 10.7. The molecule has 0 spiro atoms. The van der Waals surface area contributed by atoms with Gasteiger partial charge < -0.3 is 4.74 Å². The van der Waals surface area contributed by atoms with Crippen molar-refractivity contribution >= 4 is 11.5 Å². The number of ether oxygens (including phenoxy) is 1. The molecule has 0 unspecified atom stereocenters. The fraction of sp³-hybridized carbons (Fsp3) is 0.364. The second kappa shape index (κ2) is 5.97. The lowest BCUT2D eigenvalue weighted by molar-refractivity contribution is 0.0788. The third kappa shape index (κ3) is 3.78. The van der Waals surface area contributed by atoms with Crippen molar-refractivity contribution in [1.29, 1.82) is 0 Å². The molecule has 0 heterocycles. The predicted octanol–water partition coefficient (Wildman–Crippen LogP) is 2.42. The summed E-state index contributed by atoms with van der Waals surface area (Å²) in [5.41, 5.74) is 1.37. The molecule has 0 bridgehead atoms. The van der Waals surface area contributed by atoms with Gasteiger partial charge in [0, 0.05) is 19.7 Å². The molecule has 0 aromatic heterocycles. The SMILES string of the molecule is COCN(C)N=Nc1ccc(C(C)=O)cc1. The van der Waals surface area contributed by atoms with Crippen LogP contribution in [0.3, 0.4) is 0 Å². The number of carbonyl (C=O) groups is 1. The largest absolute Gasteiger partial charge is 0.363 e. The topological polar surface area (TPSA) is 54.3 Å². The Labute approximate surface area is 94.7 Å². The van der Waals surface area contributed by atoms with E-state index in [-0.39, 0.29) is 5.78 Å². The van der Waals surface area contributed by atoms with Crippen LogP contribution in [0.1, 0.15) is 17.3 Å². The van der Waals surface area contributed by atoms with Gasteiger partial charge in [0.25, 0.3) is 0 Å². The van der Waals surface area contributed by atoms with Gasteiger partial charge in [-0.3, -0.25) is 9.80 Å². The van der Waals surface area contributed by atoms with Gasteiger partial charge in [-0.2, -0.15) is 0 Å². The van der Waals surface area contributed by atoms with Crippen LogP contribution in [0.5, 0.6) is 0 Å². The maximum absolute atomic E-state index is 11.0. The van der Waals surface area contributed by atoms with Crippen LogP contribution in [0, 0.1) is 0 Å². The van der Waals surface area contributed by atoms with Crippen LogP contribution >= 0.6 is 0 Å². The lowest BCUT2D eigenvalue weighted by atomic mass is 10.1. The lowest BCUT2D eigenvalue weighted by Gasteiger charge is -2.08. The molecular formula is C11H15N3O2. The van der Waals surface area contributed by atoms with Crippen LogP contribution in [0.2, 0.25) is 0 Å². The van der Waals surface area contributed by atoms with Gasteiger partial charge in [-0.25, -0.2) is 0 Å². The smallest absolute Gasteiger partial charge is 0.159 e. The van der Waals surface area contributed by atoms with E-state index in [1.165, 1.54) is 6.92 Å². The van der Waals surface area contributed by atoms with E-state index < -0.39 is 0 Å². The average Bonchev–Trinajstić information content (AvgIpc) is 2.27. The van der Waals surface area contributed by atoms with Crippen molar-refractivity contribution in [3.63, 3.8) is 0 Å². The molecule has 0 radical (unpaired) electrons. The molecule has 5 heteroatoms. The zero-order valence-corrected chi connectivity index (χ0v) is 9.67. The fourth-order valence-electron chi connectivity index (χ4n) is 1.10. The van der Waals surface area contributed by atoms with Crippen LogP contribution in [-0.4, -0.2) is 31.7 Å². The van der Waals surface area contributed by atoms with Crippen LogP contribution in [-0.2, 0) is 4.74 Å². The molecule has 0 amide bonds. The first-order chi connectivity index (χ1) is 7.63. The van der Waals surface area contributed by atoms with Gasteiger partial charge in [-0.05, 0) is 31.2 Å². The van der Waals surface area contributed by atoms with E-state index in [1.807, 2.05) is 0 Å². The van der Waals surface area contributed by atoms with Crippen LogP contribution < -0.4 is 0 Å². The summed E-state index contributed by atoms with van der Waals surface area (Å²) in [5, 5.41) is 9.46. The van der Waals surface area contributed by atoms with Gasteiger partial charge in [0.05, 0.1) is 5.69 Å². The molecule has 1 aromatic carbocycles. The van der Waals surface area contributed by atoms with E-state index in [2.05, 4.69) is 10.3 Å². The molecule has 0 N–H and O–H groups in total. The number of rotatable bonds is 5. The molecule has 0 aliphatic carbocycles. The second-order valence-electron chi connectivity index (χ2n) is 3.37. The second-order valence-corrected chi connectivity index (χ2v) is 3.37. The summed E-state index contributed by atoms with van der Waals surface area (Å²) >= 11 is 0. The van der Waals surface area contributed by atoms with Crippen molar-refractivity contribution in [2.75, 3.05) is 20.9 Å². The average molecular weight is 221 g/mol. The van der Waals surface area contributed by atoms with E-state index >= 15 is 0 Å². The van der Waals surface area contributed by atoms with E-state index in [0.29, 0.717) is 18.0 Å². The van der Waals surface area contributed by atoms with Crippen molar-refractivity contribution < 1.29 is 9.53 Å². The van der Waals surface area contributed by atoms with E-state index in [1.54, 1.807) is 43.4 Å². The number of ketones is 1. The number of nitrogens with zero attached hydrogens (tertiary/aromatic N) is 3. The zero-order valence-electron chi connectivity index (χ0n) is 9.67. The first-order valence-corrected chi connectivity index (χ1v) is 4.86. The van der Waals surface area contributed by atoms with Gasteiger partial charge in [-0.1, -0.05) is 5.22 Å². The Morgan fingerprint density at radius 3 is 2.50 bits per heavy atom. The highest BCUT2D eigenvalue weighted by molar-refractivity contribution is 5.94. The molecule has 16 heavy (non-hydrogen) atoms. The van der Waals surface area contributed by atoms with E-state index in [9.17, 15) is 4.79 Å². The molecule has 1 aromatic rings. The van der Waals surface area contributed by atoms with Gasteiger partial charge in [0.15, 0.2) is 5.78 Å². The summed E-state index contributed by atoms with van der Waals surface area (Å²) in [5.74, 6) is 0.0417. The summed E-state index contributed by atoms with van der Waals surface area (Å²) in [4.78, 5) is 11.0. The Balaban J connectivity index is 2.64. The number of benzene rings is 1. The van der Waals surface area contributed by atoms with E-state index in [4.69, 9.17) is 4.74 Å². The number of Topliss-reactive ketones (excluding diaryl/α,β-unsaturated/α-hetero) is 1. The molecule has 0 aliphatic heterocycles. The standard InChI is InChI=1S/C11H15N3O2/c1-9(15)10-4-6-11(7-5-10)12-13-14(2)8-16-3/h4-7H,8H2,1-3H3. The first kappa shape index (κ1) is 12.3. The third-order valence-corrected chi connectivity index (χ3v) is 1.90. The summed E-state index contributed by atoms with van der Waals surface area (Å²) in [6, 6.07) is 6.96. The summed E-state index contributed by atoms with van der Waals surface area (Å²) in [6.45, 7) is 1.91. The Morgan fingerprint density at radius 1 is 1.38 bits per heavy atom. The number of carbonyl (C=O) groups excluding carboxylic acids is 1. The molecule has 0 atom stereocenters. The molecule has 86 valence electrons. The summed E-state index contributed by atoms with van der Waals surface area (Å²) in [7, 11) is 3.35. The molecule has 0 aliphatic rings. The summed E-state index contributed by atoms with van der Waals surface area (Å²) < 4.78 is 4.87. The van der Waals surface area contributed by atoms with Crippen LogP contribution in [0.4, 0.5) is 5.69 Å². The lowest BCUT2D eigenvalue weighted by Crippen LogP contribution is -2.12. The Bertz CT molecular complexity index is 373. The first-order valence-electron chi connectivity index (χ1n) is 4.86. The Kier molecular flexibility index (Phi) is 4.60. The molecule has 0 saturated heterocycles. The molecule has 0 fully saturated rings. The molecular weight excluding hydrogens is 206 g/mol. The van der Waals surface area contributed by atoms with Crippen LogP contribution in [0.25, 0.3) is 0 Å². The van der Waals surface area contributed by atoms with Crippen LogP contribution in [0.15, 0.2) is 34.6 Å². The highest BCUT2D eigenvalue weighted by Gasteiger charge is 1.98. The predicted molar refractivity (Wildman–Crippen MR) is 60.6 cm³/mol. The van der Waals surface area contributed by atoms with Crippen molar-refractivity contribution in [3.05, 3.63) is 29.8 Å². The minimum absolute atomic E-state index is 0.0417. The van der Waals surface area contributed by atoms with Crippen molar-refractivity contribution in [1.82, 2.24) is 5.01 Å². The van der Waals surface area contributed by atoms with Crippen molar-refractivity contribution in [2.45, 2.75) is 6.92 Å². The summed E-state index contributed by atoms with van der Waals surface area (Å²) in [6.07, 6.45) is 0.